The molecule has 0 saturated carbocycles. The highest BCUT2D eigenvalue weighted by Crippen LogP contribution is 1.99. The Morgan fingerprint density at radius 3 is 2.57 bits per heavy atom. The molecule has 0 amide bonds. The lowest BCUT2D eigenvalue weighted by molar-refractivity contribution is 0.274. The lowest BCUT2D eigenvalue weighted by Gasteiger charge is -1.91. The van der Waals surface area contributed by atoms with Gasteiger partial charge in [0, 0.05) is 6.42 Å². The van der Waals surface area contributed by atoms with Crippen LogP contribution in [-0.2, 0) is 0 Å². The molecule has 0 aromatic carbocycles. The molecule has 0 aliphatic rings. The quantitative estimate of drug-likeness (QED) is 0.487. The van der Waals surface area contributed by atoms with E-state index in [1.165, 1.54) is 0 Å². The largest absolute Gasteiger partial charge is 0.382 e. The molecule has 0 aromatic rings. The third-order valence-corrected chi connectivity index (χ3v) is 0.940. The maximum Gasteiger partial charge on any atom is 0.112 e. The number of aliphatic hydroxyl groups is 1. The van der Waals surface area contributed by atoms with Gasteiger partial charge in [0.15, 0.2) is 0 Å². The van der Waals surface area contributed by atoms with E-state index in [4.69, 9.17) is 5.11 Å². The zero-order valence-corrected chi connectivity index (χ0v) is 5.85. The van der Waals surface area contributed by atoms with Crippen LogP contribution in [0.5, 0.6) is 0 Å². The second-order valence-corrected chi connectivity index (χ2v) is 2.30. The summed E-state index contributed by atoms with van der Waals surface area (Å²) in [6.07, 6.45) is 4.50. The fourth-order valence-corrected chi connectivity index (χ4v) is 0.464. The van der Waals surface area contributed by atoms with Gasteiger partial charge in [-0.05, 0) is 6.92 Å². The second kappa shape index (κ2) is 4.34. The van der Waals surface area contributed by atoms with Crippen molar-refractivity contribution in [3.05, 3.63) is 12.2 Å². The van der Waals surface area contributed by atoms with E-state index in [0.717, 1.165) is 0 Å². The highest BCUT2D eigenvalue weighted by atomic mass is 79.9. The molecule has 0 rings (SSSR count). The molecule has 2 heteroatoms. The number of hydrogen-bond acceptors (Lipinski definition) is 1. The smallest absolute Gasteiger partial charge is 0.112 e. The van der Waals surface area contributed by atoms with Gasteiger partial charge in [0.05, 0.1) is 0 Å². The van der Waals surface area contributed by atoms with Crippen LogP contribution in [0.25, 0.3) is 0 Å². The summed E-state index contributed by atoms with van der Waals surface area (Å²) in [7, 11) is 0. The van der Waals surface area contributed by atoms with E-state index in [2.05, 4.69) is 15.9 Å². The van der Waals surface area contributed by atoms with Gasteiger partial charge in [0.1, 0.15) is 5.01 Å². The maximum atomic E-state index is 8.55. The molecular formula is C5H9BrO. The van der Waals surface area contributed by atoms with Gasteiger partial charge >= 0.3 is 0 Å². The molecule has 0 aliphatic carbocycles. The minimum atomic E-state index is -0.372. The average Bonchev–Trinajstić information content (AvgIpc) is 1.61. The van der Waals surface area contributed by atoms with Crippen LogP contribution in [0.2, 0.25) is 0 Å². The molecule has 0 saturated heterocycles. The first kappa shape index (κ1) is 7.18. The van der Waals surface area contributed by atoms with Gasteiger partial charge in [0.25, 0.3) is 0 Å². The van der Waals surface area contributed by atoms with Gasteiger partial charge in [-0.1, -0.05) is 28.1 Å². The predicted molar refractivity (Wildman–Crippen MR) is 34.4 cm³/mol. The third-order valence-electron chi connectivity index (χ3n) is 0.566. The van der Waals surface area contributed by atoms with E-state index >= 15 is 0 Å². The van der Waals surface area contributed by atoms with Crippen molar-refractivity contribution < 1.29 is 5.11 Å². The molecule has 0 bridgehead atoms. The standard InChI is InChI=1S/C5H9BrO/c1-2-3-4-5(6)7/h2-3,5,7H,4H2,1H3. The van der Waals surface area contributed by atoms with Crippen LogP contribution in [0.1, 0.15) is 13.3 Å². The molecule has 1 atom stereocenters. The molecule has 1 N–H and O–H groups in total. The minimum absolute atomic E-state index is 0.372. The Morgan fingerprint density at radius 1 is 1.86 bits per heavy atom. The average molecular weight is 165 g/mol. The molecule has 0 aliphatic heterocycles. The fraction of sp³-hybridized carbons (Fsp3) is 0.600. The van der Waals surface area contributed by atoms with Gasteiger partial charge in [0.2, 0.25) is 0 Å². The summed E-state index contributed by atoms with van der Waals surface area (Å²) in [5, 5.41) is 8.18. The Morgan fingerprint density at radius 2 is 2.43 bits per heavy atom. The monoisotopic (exact) mass is 164 g/mol. The summed E-state index contributed by atoms with van der Waals surface area (Å²) in [5.41, 5.74) is 0. The Kier molecular flexibility index (Phi) is 4.45. The van der Waals surface area contributed by atoms with Crippen LogP contribution in [-0.4, -0.2) is 10.1 Å². The molecule has 0 heterocycles. The van der Waals surface area contributed by atoms with Gasteiger partial charge < -0.3 is 5.11 Å². The Bertz CT molecular complexity index is 59.1. The molecule has 0 spiro atoms. The van der Waals surface area contributed by atoms with Gasteiger partial charge in [-0.15, -0.1) is 0 Å². The predicted octanol–water partition coefficient (Wildman–Crippen LogP) is 1.67. The van der Waals surface area contributed by atoms with Gasteiger partial charge in [-0.2, -0.15) is 0 Å². The summed E-state index contributed by atoms with van der Waals surface area (Å²) < 4.78 is 0. The first-order chi connectivity index (χ1) is 3.27. The van der Waals surface area contributed by atoms with Crippen LogP contribution in [0.3, 0.4) is 0 Å². The lowest BCUT2D eigenvalue weighted by atomic mass is 10.4. The first-order valence-electron chi connectivity index (χ1n) is 2.20. The number of hydrogen-bond donors (Lipinski definition) is 1. The van der Waals surface area contributed by atoms with Gasteiger partial charge in [-0.3, -0.25) is 0 Å². The SMILES string of the molecule is CC=CCC(O)Br. The van der Waals surface area contributed by atoms with Crippen molar-refractivity contribution in [2.45, 2.75) is 18.4 Å². The highest BCUT2D eigenvalue weighted by molar-refractivity contribution is 9.09. The van der Waals surface area contributed by atoms with Crippen molar-refractivity contribution in [1.29, 1.82) is 0 Å². The number of allylic oxidation sites excluding steroid dienone is 1. The minimum Gasteiger partial charge on any atom is -0.382 e. The van der Waals surface area contributed by atoms with E-state index in [-0.39, 0.29) is 5.01 Å². The molecule has 42 valence electrons. The van der Waals surface area contributed by atoms with Crippen molar-refractivity contribution in [1.82, 2.24) is 0 Å². The lowest BCUT2D eigenvalue weighted by Crippen LogP contribution is -1.89. The first-order valence-corrected chi connectivity index (χ1v) is 3.12. The van der Waals surface area contributed by atoms with Crippen LogP contribution in [0.4, 0.5) is 0 Å². The maximum absolute atomic E-state index is 8.55. The second-order valence-electron chi connectivity index (χ2n) is 1.24. The summed E-state index contributed by atoms with van der Waals surface area (Å²) in [5.74, 6) is 0. The molecule has 0 radical (unpaired) electrons. The van der Waals surface area contributed by atoms with Crippen molar-refractivity contribution in [3.8, 4) is 0 Å². The Hall–Kier alpha value is 0.180. The van der Waals surface area contributed by atoms with Crippen molar-refractivity contribution in [2.75, 3.05) is 0 Å². The zero-order valence-electron chi connectivity index (χ0n) is 4.26. The molecule has 0 fully saturated rings. The summed E-state index contributed by atoms with van der Waals surface area (Å²) in [6.45, 7) is 1.93. The van der Waals surface area contributed by atoms with Crippen LogP contribution in [0, 0.1) is 0 Å². The van der Waals surface area contributed by atoms with Gasteiger partial charge in [-0.25, -0.2) is 0 Å². The van der Waals surface area contributed by atoms with Crippen molar-refractivity contribution in [3.63, 3.8) is 0 Å². The number of halogens is 1. The van der Waals surface area contributed by atoms with E-state index in [9.17, 15) is 0 Å². The van der Waals surface area contributed by atoms with Crippen molar-refractivity contribution in [2.24, 2.45) is 0 Å². The molecule has 0 aromatic heterocycles. The summed E-state index contributed by atoms with van der Waals surface area (Å²) in [4.78, 5) is 0. The summed E-state index contributed by atoms with van der Waals surface area (Å²) in [6, 6.07) is 0. The van der Waals surface area contributed by atoms with E-state index in [1.54, 1.807) is 0 Å². The topological polar surface area (TPSA) is 20.2 Å². The van der Waals surface area contributed by atoms with E-state index in [1.807, 2.05) is 19.1 Å². The molecule has 1 unspecified atom stereocenters. The summed E-state index contributed by atoms with van der Waals surface area (Å²) >= 11 is 2.98. The third kappa shape index (κ3) is 6.18. The normalized spacial score (nSPS) is 15.3. The van der Waals surface area contributed by atoms with Crippen LogP contribution in [0.15, 0.2) is 12.2 Å². The van der Waals surface area contributed by atoms with E-state index in [0.29, 0.717) is 6.42 Å². The van der Waals surface area contributed by atoms with E-state index < -0.39 is 0 Å². The molecule has 1 nitrogen and oxygen atoms in total. The van der Waals surface area contributed by atoms with Crippen molar-refractivity contribution >= 4 is 15.9 Å². The van der Waals surface area contributed by atoms with Crippen LogP contribution < -0.4 is 0 Å². The number of alkyl halides is 1. The molecule has 7 heavy (non-hydrogen) atoms. The Labute approximate surface area is 52.2 Å². The van der Waals surface area contributed by atoms with Crippen LogP contribution >= 0.6 is 15.9 Å². The highest BCUT2D eigenvalue weighted by Gasteiger charge is 1.88. The zero-order chi connectivity index (χ0) is 5.70. The molecular weight excluding hydrogens is 156 g/mol. The number of aliphatic hydroxyl groups excluding tert-OH is 1. The Balaban J connectivity index is 2.97. The number of rotatable bonds is 2. The fourth-order valence-electron chi connectivity index (χ4n) is 0.248.